The Labute approximate surface area is 124 Å². The third-order valence-corrected chi connectivity index (χ3v) is 4.70. The summed E-state index contributed by atoms with van der Waals surface area (Å²) < 4.78 is 22.2. The van der Waals surface area contributed by atoms with E-state index in [0.717, 1.165) is 5.56 Å². The Bertz CT molecular complexity index is 552. The Morgan fingerprint density at radius 1 is 1.20 bits per heavy atom. The zero-order chi connectivity index (χ0) is 15.3. The summed E-state index contributed by atoms with van der Waals surface area (Å²) in [6.07, 6.45) is 0.652. The predicted molar refractivity (Wildman–Crippen MR) is 80.2 cm³/mol. The highest BCUT2D eigenvalue weighted by molar-refractivity contribution is 8.13. The first-order chi connectivity index (χ1) is 9.21. The molecule has 1 rings (SSSR count). The van der Waals surface area contributed by atoms with E-state index in [2.05, 4.69) is 5.32 Å². The molecule has 1 N–H and O–H groups in total. The summed E-state index contributed by atoms with van der Waals surface area (Å²) >= 11 is 0. The Hall–Kier alpha value is -1.07. The molecule has 0 bridgehead atoms. The van der Waals surface area contributed by atoms with Crippen LogP contribution in [0.4, 0.5) is 0 Å². The van der Waals surface area contributed by atoms with E-state index in [1.165, 1.54) is 12.1 Å². The van der Waals surface area contributed by atoms with Crippen LogP contribution in [0.15, 0.2) is 29.2 Å². The van der Waals surface area contributed by atoms with Gasteiger partial charge in [-0.15, -0.1) is 0 Å². The van der Waals surface area contributed by atoms with Gasteiger partial charge in [-0.3, -0.25) is 4.79 Å². The summed E-state index contributed by atoms with van der Waals surface area (Å²) in [7, 11) is 1.56. The van der Waals surface area contributed by atoms with E-state index in [4.69, 9.17) is 10.7 Å². The van der Waals surface area contributed by atoms with Gasteiger partial charge in [0.25, 0.3) is 9.05 Å². The number of carbonyl (C=O) groups is 1. The van der Waals surface area contributed by atoms with Crippen LogP contribution in [-0.2, 0) is 20.3 Å². The molecular formula is C14H20ClNO3S. The molecule has 1 amide bonds. The molecule has 0 saturated carbocycles. The van der Waals surface area contributed by atoms with Crippen molar-refractivity contribution < 1.29 is 13.2 Å². The molecule has 0 spiro atoms. The van der Waals surface area contributed by atoms with Gasteiger partial charge in [0.05, 0.1) is 4.90 Å². The zero-order valence-corrected chi connectivity index (χ0v) is 13.5. The Morgan fingerprint density at radius 2 is 1.75 bits per heavy atom. The van der Waals surface area contributed by atoms with Gasteiger partial charge in [0.15, 0.2) is 0 Å². The first-order valence-corrected chi connectivity index (χ1v) is 8.84. The number of carbonyl (C=O) groups excluding carboxylic acids is 1. The molecule has 112 valence electrons. The van der Waals surface area contributed by atoms with Crippen molar-refractivity contribution in [2.24, 2.45) is 11.8 Å². The van der Waals surface area contributed by atoms with Crippen LogP contribution in [0.5, 0.6) is 0 Å². The highest BCUT2D eigenvalue weighted by Gasteiger charge is 2.15. The smallest absolute Gasteiger partial charge is 0.261 e. The van der Waals surface area contributed by atoms with E-state index in [-0.39, 0.29) is 16.7 Å². The van der Waals surface area contributed by atoms with E-state index in [1.54, 1.807) is 12.1 Å². The van der Waals surface area contributed by atoms with Gasteiger partial charge in [-0.1, -0.05) is 32.9 Å². The SMILES string of the molecule is CC(C)C(C)C(=O)NCCc1ccc(S(=O)(=O)Cl)cc1. The average molecular weight is 318 g/mol. The Balaban J connectivity index is 2.49. The normalized spacial score (nSPS) is 13.2. The monoisotopic (exact) mass is 317 g/mol. The predicted octanol–water partition coefficient (Wildman–Crippen LogP) is 2.56. The molecule has 0 aromatic heterocycles. The van der Waals surface area contributed by atoms with E-state index in [0.29, 0.717) is 18.9 Å². The Kier molecular flexibility index (Phi) is 6.02. The third kappa shape index (κ3) is 5.13. The number of hydrogen-bond acceptors (Lipinski definition) is 3. The maximum absolute atomic E-state index is 11.8. The fraction of sp³-hybridized carbons (Fsp3) is 0.500. The molecule has 0 radical (unpaired) electrons. The van der Waals surface area contributed by atoms with Crippen LogP contribution >= 0.6 is 10.7 Å². The first kappa shape index (κ1) is 17.0. The molecule has 1 aromatic carbocycles. The quantitative estimate of drug-likeness (QED) is 0.820. The van der Waals surface area contributed by atoms with Gasteiger partial charge >= 0.3 is 0 Å². The standard InChI is InChI=1S/C14H20ClNO3S/c1-10(2)11(3)14(17)16-9-8-12-4-6-13(7-5-12)20(15,18)19/h4-7,10-11H,8-9H2,1-3H3,(H,16,17). The lowest BCUT2D eigenvalue weighted by atomic mass is 9.97. The lowest BCUT2D eigenvalue weighted by Crippen LogP contribution is -2.33. The summed E-state index contributed by atoms with van der Waals surface area (Å²) in [5.41, 5.74) is 0.951. The molecule has 0 aliphatic carbocycles. The third-order valence-electron chi connectivity index (χ3n) is 3.33. The molecule has 0 aliphatic rings. The summed E-state index contributed by atoms with van der Waals surface area (Å²) in [6, 6.07) is 6.34. The maximum atomic E-state index is 11.8. The number of amides is 1. The summed E-state index contributed by atoms with van der Waals surface area (Å²) in [5.74, 6) is 0.335. The van der Waals surface area contributed by atoms with Crippen molar-refractivity contribution in [3.05, 3.63) is 29.8 Å². The van der Waals surface area contributed by atoms with Gasteiger partial charge in [-0.25, -0.2) is 8.42 Å². The van der Waals surface area contributed by atoms with Crippen molar-refractivity contribution in [1.82, 2.24) is 5.32 Å². The van der Waals surface area contributed by atoms with Crippen LogP contribution in [0.2, 0.25) is 0 Å². The largest absolute Gasteiger partial charge is 0.356 e. The number of benzene rings is 1. The average Bonchev–Trinajstić information content (AvgIpc) is 2.37. The van der Waals surface area contributed by atoms with Crippen LogP contribution in [0.3, 0.4) is 0 Å². The van der Waals surface area contributed by atoms with Gasteiger partial charge in [-0.2, -0.15) is 0 Å². The van der Waals surface area contributed by atoms with Crippen molar-refractivity contribution >= 4 is 25.6 Å². The zero-order valence-electron chi connectivity index (χ0n) is 11.9. The highest BCUT2D eigenvalue weighted by atomic mass is 35.7. The minimum Gasteiger partial charge on any atom is -0.356 e. The van der Waals surface area contributed by atoms with Crippen molar-refractivity contribution in [1.29, 1.82) is 0 Å². The van der Waals surface area contributed by atoms with Crippen molar-refractivity contribution in [2.75, 3.05) is 6.54 Å². The molecule has 0 saturated heterocycles. The van der Waals surface area contributed by atoms with Crippen molar-refractivity contribution in [3.63, 3.8) is 0 Å². The van der Waals surface area contributed by atoms with Gasteiger partial charge in [0, 0.05) is 23.1 Å². The van der Waals surface area contributed by atoms with E-state index >= 15 is 0 Å². The van der Waals surface area contributed by atoms with Crippen LogP contribution < -0.4 is 5.32 Å². The fourth-order valence-corrected chi connectivity index (χ4v) is 2.38. The molecule has 1 atom stereocenters. The van der Waals surface area contributed by atoms with Gasteiger partial charge in [0.2, 0.25) is 5.91 Å². The minimum atomic E-state index is -3.67. The molecule has 6 heteroatoms. The first-order valence-electron chi connectivity index (χ1n) is 6.53. The maximum Gasteiger partial charge on any atom is 0.261 e. The van der Waals surface area contributed by atoms with E-state index < -0.39 is 9.05 Å². The molecule has 0 aliphatic heterocycles. The number of hydrogen-bond donors (Lipinski definition) is 1. The molecule has 0 fully saturated rings. The lowest BCUT2D eigenvalue weighted by Gasteiger charge is -2.15. The van der Waals surface area contributed by atoms with Gasteiger partial charge < -0.3 is 5.32 Å². The second-order valence-electron chi connectivity index (χ2n) is 5.16. The number of nitrogens with one attached hydrogen (secondary N) is 1. The van der Waals surface area contributed by atoms with Gasteiger partial charge in [0.1, 0.15) is 0 Å². The summed E-state index contributed by atoms with van der Waals surface area (Å²) in [4.78, 5) is 11.8. The highest BCUT2D eigenvalue weighted by Crippen LogP contribution is 2.15. The fourth-order valence-electron chi connectivity index (χ4n) is 1.61. The molecule has 1 aromatic rings. The lowest BCUT2D eigenvalue weighted by molar-refractivity contribution is -0.125. The van der Waals surface area contributed by atoms with E-state index in [9.17, 15) is 13.2 Å². The van der Waals surface area contributed by atoms with Crippen LogP contribution in [0, 0.1) is 11.8 Å². The van der Waals surface area contributed by atoms with Crippen LogP contribution in [-0.4, -0.2) is 20.9 Å². The van der Waals surface area contributed by atoms with Crippen LogP contribution in [0.25, 0.3) is 0 Å². The molecule has 1 unspecified atom stereocenters. The van der Waals surface area contributed by atoms with E-state index in [1.807, 2.05) is 20.8 Å². The molecule has 0 heterocycles. The minimum absolute atomic E-state index is 0.0150. The van der Waals surface area contributed by atoms with Crippen LogP contribution in [0.1, 0.15) is 26.3 Å². The Morgan fingerprint density at radius 3 is 2.20 bits per heavy atom. The van der Waals surface area contributed by atoms with Crippen molar-refractivity contribution in [2.45, 2.75) is 32.1 Å². The summed E-state index contributed by atoms with van der Waals surface area (Å²) in [5, 5.41) is 2.87. The number of halogens is 1. The second-order valence-corrected chi connectivity index (χ2v) is 7.72. The van der Waals surface area contributed by atoms with Gasteiger partial charge in [-0.05, 0) is 30.0 Å². The second kappa shape index (κ2) is 7.09. The summed E-state index contributed by atoms with van der Waals surface area (Å²) in [6.45, 7) is 6.45. The number of rotatable bonds is 6. The van der Waals surface area contributed by atoms with Crippen molar-refractivity contribution in [3.8, 4) is 0 Å². The topological polar surface area (TPSA) is 63.2 Å². The molecule has 20 heavy (non-hydrogen) atoms. The molecule has 4 nitrogen and oxygen atoms in total. The molecular weight excluding hydrogens is 298 g/mol.